The van der Waals surface area contributed by atoms with Crippen molar-refractivity contribution >= 4 is 22.0 Å². The van der Waals surface area contributed by atoms with E-state index >= 15 is 0 Å². The van der Waals surface area contributed by atoms with Crippen LogP contribution < -0.4 is 5.32 Å². The SMILES string of the molecule is N#C/C(=C\c1cn(-c2ccccc2)nc1-c1cccc(S(=O)(=O)N2CCCCC2)c1)C(=O)NC[C@H]1CCCO1. The number of nitrogens with one attached hydrogen (secondary N) is 1. The Morgan fingerprint density at radius 2 is 1.90 bits per heavy atom. The van der Waals surface area contributed by atoms with Crippen molar-refractivity contribution in [2.75, 3.05) is 26.2 Å². The molecule has 2 fully saturated rings. The van der Waals surface area contributed by atoms with E-state index in [0.717, 1.165) is 37.8 Å². The number of ether oxygens (including phenoxy) is 1. The molecule has 2 aliphatic rings. The largest absolute Gasteiger partial charge is 0.376 e. The third-order valence-electron chi connectivity index (χ3n) is 7.00. The summed E-state index contributed by atoms with van der Waals surface area (Å²) in [5, 5.41) is 17.3. The minimum absolute atomic E-state index is 0.0464. The molecule has 0 saturated carbocycles. The maximum atomic E-state index is 13.4. The molecule has 1 atom stereocenters. The van der Waals surface area contributed by atoms with Gasteiger partial charge in [-0.25, -0.2) is 13.1 Å². The maximum absolute atomic E-state index is 13.4. The highest BCUT2D eigenvalue weighted by molar-refractivity contribution is 7.89. The van der Waals surface area contributed by atoms with Crippen LogP contribution in [0, 0.1) is 11.3 Å². The molecule has 3 aromatic rings. The van der Waals surface area contributed by atoms with Crippen molar-refractivity contribution in [3.05, 3.63) is 71.9 Å². The molecule has 2 aromatic carbocycles. The molecule has 3 heterocycles. The van der Waals surface area contributed by atoms with Gasteiger partial charge < -0.3 is 10.1 Å². The Hall–Kier alpha value is -3.78. The number of aromatic nitrogens is 2. The molecule has 0 radical (unpaired) electrons. The van der Waals surface area contributed by atoms with E-state index in [2.05, 4.69) is 5.32 Å². The van der Waals surface area contributed by atoms with Gasteiger partial charge in [0, 0.05) is 43.6 Å². The highest BCUT2D eigenvalue weighted by Crippen LogP contribution is 2.29. The number of carbonyl (C=O) groups excluding carboxylic acids is 1. The number of carbonyl (C=O) groups is 1. The van der Waals surface area contributed by atoms with E-state index in [1.165, 1.54) is 10.4 Å². The summed E-state index contributed by atoms with van der Waals surface area (Å²) in [4.78, 5) is 13.0. The first-order chi connectivity index (χ1) is 19.0. The molecule has 0 spiro atoms. The third-order valence-corrected chi connectivity index (χ3v) is 8.90. The molecule has 2 saturated heterocycles. The van der Waals surface area contributed by atoms with Crippen LogP contribution in [0.2, 0.25) is 0 Å². The van der Waals surface area contributed by atoms with Gasteiger partial charge in [-0.1, -0.05) is 36.8 Å². The van der Waals surface area contributed by atoms with Crippen LogP contribution in [0.15, 0.2) is 71.3 Å². The van der Waals surface area contributed by atoms with Gasteiger partial charge in [0.2, 0.25) is 10.0 Å². The molecule has 0 unspecified atom stereocenters. The molecule has 39 heavy (non-hydrogen) atoms. The number of nitrogens with zero attached hydrogens (tertiary/aromatic N) is 4. The number of rotatable bonds is 8. The van der Waals surface area contributed by atoms with Gasteiger partial charge >= 0.3 is 0 Å². The lowest BCUT2D eigenvalue weighted by Gasteiger charge is -2.26. The van der Waals surface area contributed by atoms with E-state index in [1.54, 1.807) is 35.1 Å². The molecular weight excluding hydrogens is 514 g/mol. The molecule has 1 amide bonds. The number of nitriles is 1. The average Bonchev–Trinajstić information content (AvgIpc) is 3.66. The molecule has 1 N–H and O–H groups in total. The van der Waals surface area contributed by atoms with E-state index in [9.17, 15) is 18.5 Å². The molecule has 5 rings (SSSR count). The van der Waals surface area contributed by atoms with Gasteiger partial charge in [-0.2, -0.15) is 14.7 Å². The van der Waals surface area contributed by atoms with Gasteiger partial charge in [0.15, 0.2) is 0 Å². The molecule has 202 valence electrons. The van der Waals surface area contributed by atoms with Crippen molar-refractivity contribution < 1.29 is 17.9 Å². The van der Waals surface area contributed by atoms with Crippen LogP contribution in [0.25, 0.3) is 23.0 Å². The van der Waals surface area contributed by atoms with Crippen LogP contribution in [0.3, 0.4) is 0 Å². The second kappa shape index (κ2) is 11.9. The van der Waals surface area contributed by atoms with Gasteiger partial charge in [-0.05, 0) is 56.0 Å². The van der Waals surface area contributed by atoms with Crippen molar-refractivity contribution in [3.63, 3.8) is 0 Å². The van der Waals surface area contributed by atoms with Gasteiger partial charge in [0.25, 0.3) is 5.91 Å². The van der Waals surface area contributed by atoms with Crippen molar-refractivity contribution in [2.24, 2.45) is 0 Å². The predicted molar refractivity (Wildman–Crippen MR) is 147 cm³/mol. The second-order valence-corrected chi connectivity index (χ2v) is 11.7. The number of para-hydroxylation sites is 1. The number of hydrogen-bond donors (Lipinski definition) is 1. The van der Waals surface area contributed by atoms with Gasteiger partial charge in [0.1, 0.15) is 17.3 Å². The molecule has 9 nitrogen and oxygen atoms in total. The van der Waals surface area contributed by atoms with Crippen molar-refractivity contribution in [1.82, 2.24) is 19.4 Å². The summed E-state index contributed by atoms with van der Waals surface area (Å²) in [7, 11) is -3.65. The number of amides is 1. The van der Waals surface area contributed by atoms with Crippen LogP contribution in [0.4, 0.5) is 0 Å². The van der Waals surface area contributed by atoms with Crippen molar-refractivity contribution in [2.45, 2.75) is 43.1 Å². The average molecular weight is 546 g/mol. The summed E-state index contributed by atoms with van der Waals surface area (Å²) < 4.78 is 35.5. The molecule has 1 aromatic heterocycles. The quantitative estimate of drug-likeness (QED) is 0.339. The smallest absolute Gasteiger partial charge is 0.262 e. The Labute approximate surface area is 228 Å². The number of benzene rings is 2. The van der Waals surface area contributed by atoms with E-state index in [0.29, 0.717) is 43.1 Å². The van der Waals surface area contributed by atoms with Crippen molar-refractivity contribution in [3.8, 4) is 23.0 Å². The summed E-state index contributed by atoms with van der Waals surface area (Å²) in [5.41, 5.74) is 2.28. The highest BCUT2D eigenvalue weighted by atomic mass is 32.2. The molecule has 0 bridgehead atoms. The second-order valence-electron chi connectivity index (χ2n) is 9.72. The van der Waals surface area contributed by atoms with Gasteiger partial charge in [-0.3, -0.25) is 4.79 Å². The Morgan fingerprint density at radius 3 is 2.62 bits per heavy atom. The van der Waals surface area contributed by atoms with E-state index < -0.39 is 15.9 Å². The first-order valence-electron chi connectivity index (χ1n) is 13.2. The monoisotopic (exact) mass is 545 g/mol. The van der Waals surface area contributed by atoms with E-state index in [1.807, 2.05) is 36.4 Å². The number of hydrogen-bond acceptors (Lipinski definition) is 6. The van der Waals surface area contributed by atoms with Gasteiger partial charge in [0.05, 0.1) is 16.7 Å². The first-order valence-corrected chi connectivity index (χ1v) is 14.7. The fourth-order valence-corrected chi connectivity index (χ4v) is 6.46. The zero-order valence-corrected chi connectivity index (χ0v) is 22.4. The lowest BCUT2D eigenvalue weighted by Crippen LogP contribution is -2.35. The third kappa shape index (κ3) is 6.11. The zero-order chi connectivity index (χ0) is 27.2. The number of piperidine rings is 1. The minimum atomic E-state index is -3.65. The summed E-state index contributed by atoms with van der Waals surface area (Å²) in [5.74, 6) is -0.493. The number of sulfonamides is 1. The summed E-state index contributed by atoms with van der Waals surface area (Å²) in [6.07, 6.45) is 7.74. The van der Waals surface area contributed by atoms with Crippen LogP contribution in [-0.4, -0.2) is 60.8 Å². The first kappa shape index (κ1) is 26.8. The molecular formula is C29H31N5O4S. The summed E-state index contributed by atoms with van der Waals surface area (Å²) >= 11 is 0. The van der Waals surface area contributed by atoms with Crippen molar-refractivity contribution in [1.29, 1.82) is 5.26 Å². The lowest BCUT2D eigenvalue weighted by atomic mass is 10.1. The van der Waals surface area contributed by atoms with Gasteiger partial charge in [-0.15, -0.1) is 0 Å². The molecule has 2 aliphatic heterocycles. The Bertz CT molecular complexity index is 1500. The van der Waals surface area contributed by atoms with E-state index in [-0.39, 0.29) is 16.6 Å². The topological polar surface area (TPSA) is 117 Å². The zero-order valence-electron chi connectivity index (χ0n) is 21.6. The standard InChI is InChI=1S/C29H31N5O4S/c30-19-23(29(35)31-20-26-12-8-16-38-26)17-24-21-34(25-10-3-1-4-11-25)32-28(24)22-9-7-13-27(18-22)39(36,37)33-14-5-2-6-15-33/h1,3-4,7,9-11,13,17-18,21,26H,2,5-6,8,12,14-16,20H2,(H,31,35)/b23-17+/t26-/m1/s1. The van der Waals surface area contributed by atoms with Crippen LogP contribution in [0.1, 0.15) is 37.7 Å². The Balaban J connectivity index is 1.51. The van der Waals surface area contributed by atoms with Crippen LogP contribution in [-0.2, 0) is 19.6 Å². The Kier molecular flexibility index (Phi) is 8.21. The Morgan fingerprint density at radius 1 is 1.10 bits per heavy atom. The van der Waals surface area contributed by atoms with Crippen LogP contribution in [0.5, 0.6) is 0 Å². The minimum Gasteiger partial charge on any atom is -0.376 e. The lowest BCUT2D eigenvalue weighted by molar-refractivity contribution is -0.117. The normalized spacial score (nSPS) is 18.5. The molecule has 10 heteroatoms. The summed E-state index contributed by atoms with van der Waals surface area (Å²) in [6, 6.07) is 18.1. The van der Waals surface area contributed by atoms with Crippen LogP contribution >= 0.6 is 0 Å². The van der Waals surface area contributed by atoms with E-state index in [4.69, 9.17) is 9.84 Å². The molecule has 0 aliphatic carbocycles. The maximum Gasteiger partial charge on any atom is 0.262 e. The fraction of sp³-hybridized carbons (Fsp3) is 0.345. The predicted octanol–water partition coefficient (Wildman–Crippen LogP) is 3.92. The highest BCUT2D eigenvalue weighted by Gasteiger charge is 2.27. The fourth-order valence-electron chi connectivity index (χ4n) is 4.90. The summed E-state index contributed by atoms with van der Waals surface area (Å²) in [6.45, 7) is 2.03.